The fourth-order valence-corrected chi connectivity index (χ4v) is 6.51. The first kappa shape index (κ1) is 26.6. The molecule has 0 saturated heterocycles. The highest BCUT2D eigenvalue weighted by Crippen LogP contribution is 2.36. The Kier molecular flexibility index (Phi) is 7.62. The number of fused-ring (bicyclic) bond motifs is 1. The van der Waals surface area contributed by atoms with Gasteiger partial charge in [0.15, 0.2) is 0 Å². The standard InChI is InChI=1S/C29H23Cl2N5O2S2/c1-37-21-9-20(10-22(12-21)38-2)36(17-24-5-8-29(31)40-24)19-3-6-25-26(11-19)34-27(14-32-25)18-13-33-35(15-18)16-23-4-7-28(30)39-23/h3-15H,16-17H2,1-2H3. The Morgan fingerprint density at radius 3 is 2.20 bits per heavy atom. The van der Waals surface area contributed by atoms with Crippen LogP contribution in [0.3, 0.4) is 0 Å². The molecule has 40 heavy (non-hydrogen) atoms. The van der Waals surface area contributed by atoms with Crippen LogP contribution in [0.2, 0.25) is 8.67 Å². The Morgan fingerprint density at radius 2 is 1.52 bits per heavy atom. The van der Waals surface area contributed by atoms with Crippen LogP contribution in [-0.2, 0) is 13.1 Å². The first-order valence-corrected chi connectivity index (χ1v) is 14.6. The van der Waals surface area contributed by atoms with Gasteiger partial charge >= 0.3 is 0 Å². The monoisotopic (exact) mass is 607 g/mol. The fraction of sp³-hybridized carbons (Fsp3) is 0.138. The molecule has 0 unspecified atom stereocenters. The summed E-state index contributed by atoms with van der Waals surface area (Å²) in [6, 6.07) is 19.8. The van der Waals surface area contributed by atoms with Crippen molar-refractivity contribution in [2.45, 2.75) is 13.1 Å². The molecule has 0 N–H and O–H groups in total. The van der Waals surface area contributed by atoms with Gasteiger partial charge in [0.05, 0.1) is 65.1 Å². The zero-order chi connectivity index (χ0) is 27.6. The lowest BCUT2D eigenvalue weighted by Gasteiger charge is -2.26. The lowest BCUT2D eigenvalue weighted by atomic mass is 10.2. The van der Waals surface area contributed by atoms with Crippen LogP contribution in [0, 0.1) is 0 Å². The zero-order valence-electron chi connectivity index (χ0n) is 21.5. The second kappa shape index (κ2) is 11.5. The molecule has 202 valence electrons. The summed E-state index contributed by atoms with van der Waals surface area (Å²) in [4.78, 5) is 14.1. The lowest BCUT2D eigenvalue weighted by molar-refractivity contribution is 0.394. The van der Waals surface area contributed by atoms with E-state index < -0.39 is 0 Å². The average molecular weight is 609 g/mol. The minimum Gasteiger partial charge on any atom is -0.497 e. The molecule has 0 aliphatic rings. The number of benzene rings is 2. The van der Waals surface area contributed by atoms with Gasteiger partial charge in [-0.05, 0) is 42.5 Å². The van der Waals surface area contributed by atoms with Crippen LogP contribution in [0.25, 0.3) is 22.3 Å². The SMILES string of the molecule is COc1cc(OC)cc(N(Cc2ccc(Cl)s2)c2ccc3ncc(-c4cnn(Cc5ccc(Cl)s5)c4)nc3c2)c1. The van der Waals surface area contributed by atoms with Crippen LogP contribution in [0.1, 0.15) is 9.75 Å². The summed E-state index contributed by atoms with van der Waals surface area (Å²) < 4.78 is 14.5. The Balaban J connectivity index is 1.37. The Labute approximate surface area is 249 Å². The molecule has 11 heteroatoms. The molecule has 4 aromatic heterocycles. The van der Waals surface area contributed by atoms with Crippen molar-refractivity contribution in [3.05, 3.63) is 97.7 Å². The third-order valence-electron chi connectivity index (χ3n) is 6.30. The summed E-state index contributed by atoms with van der Waals surface area (Å²) in [7, 11) is 3.29. The molecule has 0 aliphatic heterocycles. The van der Waals surface area contributed by atoms with E-state index in [1.165, 1.54) is 0 Å². The highest BCUT2D eigenvalue weighted by molar-refractivity contribution is 7.16. The summed E-state index contributed by atoms with van der Waals surface area (Å²) in [6.07, 6.45) is 5.57. The molecule has 0 bridgehead atoms. The van der Waals surface area contributed by atoms with E-state index in [0.717, 1.165) is 52.1 Å². The summed E-state index contributed by atoms with van der Waals surface area (Å²) >= 11 is 15.4. The van der Waals surface area contributed by atoms with Crippen LogP contribution >= 0.6 is 45.9 Å². The van der Waals surface area contributed by atoms with Gasteiger partial charge in [-0.1, -0.05) is 23.2 Å². The number of nitrogens with zero attached hydrogens (tertiary/aromatic N) is 5. The zero-order valence-corrected chi connectivity index (χ0v) is 24.7. The fourth-order valence-electron chi connectivity index (χ4n) is 4.36. The van der Waals surface area contributed by atoms with E-state index in [2.05, 4.69) is 15.0 Å². The molecule has 6 rings (SSSR count). The molecule has 0 aliphatic carbocycles. The maximum absolute atomic E-state index is 6.26. The van der Waals surface area contributed by atoms with Gasteiger partial charge in [0.1, 0.15) is 11.5 Å². The van der Waals surface area contributed by atoms with Crippen molar-refractivity contribution in [2.24, 2.45) is 0 Å². The molecule has 4 heterocycles. The average Bonchev–Trinajstić information content (AvgIpc) is 3.72. The molecule has 6 aromatic rings. The molecule has 0 amide bonds. The number of rotatable bonds is 9. The van der Waals surface area contributed by atoms with Crippen LogP contribution in [0.15, 0.2) is 79.3 Å². The summed E-state index contributed by atoms with van der Waals surface area (Å²) in [6.45, 7) is 1.25. The predicted octanol–water partition coefficient (Wildman–Crippen LogP) is 8.33. The number of halogens is 2. The smallest absolute Gasteiger partial charge is 0.124 e. The van der Waals surface area contributed by atoms with Gasteiger partial charge in [-0.25, -0.2) is 4.98 Å². The van der Waals surface area contributed by atoms with E-state index in [-0.39, 0.29) is 0 Å². The topological polar surface area (TPSA) is 65.3 Å². The van der Waals surface area contributed by atoms with Crippen molar-refractivity contribution in [2.75, 3.05) is 19.1 Å². The molecule has 0 spiro atoms. The second-order valence-corrected chi connectivity index (χ2v) is 12.5. The van der Waals surface area contributed by atoms with Crippen LogP contribution in [0.4, 0.5) is 11.4 Å². The highest BCUT2D eigenvalue weighted by atomic mass is 35.5. The molecule has 0 radical (unpaired) electrons. The van der Waals surface area contributed by atoms with Gasteiger partial charge in [-0.15, -0.1) is 22.7 Å². The lowest BCUT2D eigenvalue weighted by Crippen LogP contribution is -2.16. The van der Waals surface area contributed by atoms with Crippen LogP contribution in [0.5, 0.6) is 11.5 Å². The Hall–Kier alpha value is -3.63. The van der Waals surface area contributed by atoms with E-state index >= 15 is 0 Å². The van der Waals surface area contributed by atoms with Crippen molar-refractivity contribution >= 4 is 68.3 Å². The second-order valence-electron chi connectivity index (χ2n) is 8.92. The number of thiophene rings is 2. The van der Waals surface area contributed by atoms with Gasteiger partial charge in [-0.2, -0.15) is 5.10 Å². The Morgan fingerprint density at radius 1 is 0.800 bits per heavy atom. The number of hydrogen-bond acceptors (Lipinski definition) is 8. The summed E-state index contributed by atoms with van der Waals surface area (Å²) in [5, 5.41) is 4.51. The molecule has 0 saturated carbocycles. The predicted molar refractivity (Wildman–Crippen MR) is 164 cm³/mol. The van der Waals surface area contributed by atoms with Crippen molar-refractivity contribution in [1.29, 1.82) is 0 Å². The third kappa shape index (κ3) is 5.78. The molecule has 0 atom stereocenters. The van der Waals surface area contributed by atoms with Gasteiger partial charge in [0.2, 0.25) is 0 Å². The maximum atomic E-state index is 6.26. The molecular weight excluding hydrogens is 585 g/mol. The van der Waals surface area contributed by atoms with E-state index in [9.17, 15) is 0 Å². The molecule has 2 aromatic carbocycles. The van der Waals surface area contributed by atoms with Crippen molar-refractivity contribution in [1.82, 2.24) is 19.7 Å². The number of ether oxygens (including phenoxy) is 2. The van der Waals surface area contributed by atoms with Crippen molar-refractivity contribution in [3.63, 3.8) is 0 Å². The highest BCUT2D eigenvalue weighted by Gasteiger charge is 2.16. The number of methoxy groups -OCH3 is 2. The van der Waals surface area contributed by atoms with Gasteiger partial charge in [0, 0.05) is 51.1 Å². The normalized spacial score (nSPS) is 11.2. The number of hydrogen-bond donors (Lipinski definition) is 0. The van der Waals surface area contributed by atoms with E-state index in [1.54, 1.807) is 43.1 Å². The van der Waals surface area contributed by atoms with Crippen LogP contribution < -0.4 is 14.4 Å². The minimum absolute atomic E-state index is 0.603. The Bertz CT molecular complexity index is 1780. The largest absolute Gasteiger partial charge is 0.497 e. The first-order valence-electron chi connectivity index (χ1n) is 12.3. The minimum atomic E-state index is 0.603. The molecule has 0 fully saturated rings. The van der Waals surface area contributed by atoms with Crippen molar-refractivity contribution in [3.8, 4) is 22.8 Å². The summed E-state index contributed by atoms with van der Waals surface area (Å²) in [5.74, 6) is 1.40. The van der Waals surface area contributed by atoms with E-state index in [4.69, 9.17) is 37.7 Å². The molecular formula is C29H23Cl2N5O2S2. The first-order chi connectivity index (χ1) is 19.5. The van der Waals surface area contributed by atoms with Gasteiger partial charge in [-0.3, -0.25) is 9.67 Å². The quantitative estimate of drug-likeness (QED) is 0.165. The van der Waals surface area contributed by atoms with Crippen molar-refractivity contribution < 1.29 is 9.47 Å². The summed E-state index contributed by atoms with van der Waals surface area (Å²) in [5.41, 5.74) is 5.08. The third-order valence-corrected chi connectivity index (χ3v) is 8.74. The van der Waals surface area contributed by atoms with Gasteiger partial charge < -0.3 is 14.4 Å². The maximum Gasteiger partial charge on any atom is 0.124 e. The molecule has 7 nitrogen and oxygen atoms in total. The van der Waals surface area contributed by atoms with Gasteiger partial charge in [0.25, 0.3) is 0 Å². The number of anilines is 2. The number of aromatic nitrogens is 4. The van der Waals surface area contributed by atoms with E-state index in [0.29, 0.717) is 24.6 Å². The van der Waals surface area contributed by atoms with E-state index in [1.807, 2.05) is 77.7 Å². The van der Waals surface area contributed by atoms with Crippen LogP contribution in [-0.4, -0.2) is 34.0 Å².